The molecule has 7 rings (SSSR count). The van der Waals surface area contributed by atoms with E-state index in [4.69, 9.17) is 31.0 Å². The molecule has 0 radical (unpaired) electrons. The Bertz CT molecular complexity index is 1830. The molecule has 0 N–H and O–H groups in total. The Morgan fingerprint density at radius 1 is 1.12 bits per heavy atom. The number of aromatic nitrogens is 4. The van der Waals surface area contributed by atoms with Crippen molar-refractivity contribution in [3.63, 3.8) is 0 Å². The molecule has 5 aromatic rings. The molecule has 0 bridgehead atoms. The maximum Gasteiger partial charge on any atom is 0.337 e. The first-order valence-electron chi connectivity index (χ1n) is 14.2. The minimum Gasteiger partial charge on any atom is -0.465 e. The number of fused-ring (bicyclic) bond motifs is 4. The maximum atomic E-state index is 14.8. The minimum atomic E-state index is -0.367. The number of ether oxygens (including phenoxy) is 2. The van der Waals surface area contributed by atoms with Crippen molar-refractivity contribution < 1.29 is 18.7 Å². The van der Waals surface area contributed by atoms with Crippen LogP contribution in [-0.2, 0) is 35.7 Å². The van der Waals surface area contributed by atoms with Gasteiger partial charge in [0.2, 0.25) is 0 Å². The predicted molar refractivity (Wildman–Crippen MR) is 158 cm³/mol. The van der Waals surface area contributed by atoms with Gasteiger partial charge in [0.15, 0.2) is 0 Å². The highest BCUT2D eigenvalue weighted by Gasteiger charge is 2.27. The van der Waals surface area contributed by atoms with E-state index in [1.165, 1.54) is 13.2 Å². The van der Waals surface area contributed by atoms with Crippen LogP contribution in [0.1, 0.15) is 52.4 Å². The van der Waals surface area contributed by atoms with E-state index in [-0.39, 0.29) is 23.8 Å². The predicted octanol–water partition coefficient (Wildman–Crippen LogP) is 5.92. The smallest absolute Gasteiger partial charge is 0.337 e. The van der Waals surface area contributed by atoms with E-state index in [0.717, 1.165) is 65.4 Å². The lowest BCUT2D eigenvalue weighted by Crippen LogP contribution is -2.35. The Morgan fingerprint density at radius 2 is 1.98 bits per heavy atom. The molecule has 0 saturated carbocycles. The monoisotopic (exact) mass is 587 g/mol. The van der Waals surface area contributed by atoms with Gasteiger partial charge < -0.3 is 18.6 Å². The minimum absolute atomic E-state index is 0.138. The summed E-state index contributed by atoms with van der Waals surface area (Å²) in [6, 6.07) is 16.5. The molecule has 4 heterocycles. The zero-order chi connectivity index (χ0) is 29.0. The molecule has 216 valence electrons. The molecule has 0 spiro atoms. The summed E-state index contributed by atoms with van der Waals surface area (Å²) >= 11 is 6.01. The van der Waals surface area contributed by atoms with Gasteiger partial charge in [0.05, 0.1) is 60.5 Å². The molecule has 2 aliphatic rings. The van der Waals surface area contributed by atoms with Crippen molar-refractivity contribution in [2.24, 2.45) is 0 Å². The first-order valence-corrected chi connectivity index (χ1v) is 14.6. The van der Waals surface area contributed by atoms with E-state index >= 15 is 0 Å². The molecular formula is C32H31ClFN5O3. The molecule has 1 saturated heterocycles. The fourth-order valence-corrected chi connectivity index (χ4v) is 6.34. The van der Waals surface area contributed by atoms with Crippen molar-refractivity contribution in [3.8, 4) is 0 Å². The van der Waals surface area contributed by atoms with Crippen LogP contribution >= 0.6 is 11.6 Å². The van der Waals surface area contributed by atoms with Crippen molar-refractivity contribution >= 4 is 39.6 Å². The average molecular weight is 588 g/mol. The van der Waals surface area contributed by atoms with Crippen molar-refractivity contribution in [2.75, 3.05) is 20.3 Å². The molecule has 0 aliphatic carbocycles. The quantitative estimate of drug-likeness (QED) is 0.220. The second kappa shape index (κ2) is 10.8. The molecule has 10 heteroatoms. The summed E-state index contributed by atoms with van der Waals surface area (Å²) in [7, 11) is 1.39. The zero-order valence-electron chi connectivity index (χ0n) is 23.5. The number of halogens is 2. The molecule has 8 nitrogen and oxygen atoms in total. The number of para-hydroxylation sites is 1. The molecule has 2 aliphatic heterocycles. The van der Waals surface area contributed by atoms with Crippen LogP contribution in [0.2, 0.25) is 5.02 Å². The maximum absolute atomic E-state index is 14.8. The van der Waals surface area contributed by atoms with E-state index in [1.54, 1.807) is 18.2 Å². The molecule has 1 fully saturated rings. The number of rotatable bonds is 7. The number of hydrogen-bond acceptors (Lipinski definition) is 6. The van der Waals surface area contributed by atoms with Gasteiger partial charge >= 0.3 is 5.97 Å². The van der Waals surface area contributed by atoms with E-state index in [0.29, 0.717) is 35.8 Å². The summed E-state index contributed by atoms with van der Waals surface area (Å²) in [5.41, 5.74) is 5.81. The van der Waals surface area contributed by atoms with Crippen LogP contribution in [0.5, 0.6) is 0 Å². The SMILES string of the molecule is COC(=O)c1ccc2nc(CN3CCn4c(nc5c(C(C)c6ccc(Cl)cc6F)cccc54)C3)n(CC3CCO3)c2c1. The van der Waals surface area contributed by atoms with Gasteiger partial charge in [-0.2, -0.15) is 0 Å². The van der Waals surface area contributed by atoms with Gasteiger partial charge in [0.25, 0.3) is 0 Å². The lowest BCUT2D eigenvalue weighted by Gasteiger charge is -2.30. The van der Waals surface area contributed by atoms with E-state index < -0.39 is 0 Å². The molecule has 2 atom stereocenters. The first kappa shape index (κ1) is 27.1. The fraction of sp³-hybridized carbons (Fsp3) is 0.344. The van der Waals surface area contributed by atoms with Gasteiger partial charge in [0.1, 0.15) is 17.5 Å². The van der Waals surface area contributed by atoms with Gasteiger partial charge in [-0.25, -0.2) is 19.2 Å². The molecule has 3 aromatic carbocycles. The van der Waals surface area contributed by atoms with E-state index in [2.05, 4.69) is 20.1 Å². The van der Waals surface area contributed by atoms with E-state index in [1.807, 2.05) is 31.2 Å². The summed E-state index contributed by atoms with van der Waals surface area (Å²) in [6.45, 7) is 6.39. The number of nitrogens with zero attached hydrogens (tertiary/aromatic N) is 5. The Balaban J connectivity index is 1.19. The highest BCUT2D eigenvalue weighted by Crippen LogP contribution is 2.34. The second-order valence-corrected chi connectivity index (χ2v) is 11.5. The number of carbonyl (C=O) groups is 1. The van der Waals surface area contributed by atoms with Crippen molar-refractivity contribution in [1.29, 1.82) is 0 Å². The standard InChI is InChI=1S/C32H31ClFN5O3/c1-19(23-8-7-21(33)15-25(23)34)24-4-3-5-27-31(24)36-30-18-37(11-12-38(27)30)17-29-35-26-9-6-20(32(40)41-2)14-28(26)39(29)16-22-10-13-42-22/h3-9,14-15,19,22H,10-13,16-18H2,1-2H3. The lowest BCUT2D eigenvalue weighted by molar-refractivity contribution is -0.0592. The number of esters is 1. The third kappa shape index (κ3) is 4.75. The van der Waals surface area contributed by atoms with Gasteiger partial charge in [0, 0.05) is 30.6 Å². The molecule has 2 aromatic heterocycles. The molecular weight excluding hydrogens is 557 g/mol. The Labute approximate surface area is 247 Å². The normalized spacial score (nSPS) is 17.8. The van der Waals surface area contributed by atoms with Gasteiger partial charge in [-0.1, -0.05) is 36.7 Å². The van der Waals surface area contributed by atoms with Gasteiger partial charge in [-0.15, -0.1) is 0 Å². The number of benzene rings is 3. The Morgan fingerprint density at radius 3 is 2.74 bits per heavy atom. The summed E-state index contributed by atoms with van der Waals surface area (Å²) in [4.78, 5) is 24.6. The van der Waals surface area contributed by atoms with Crippen molar-refractivity contribution in [2.45, 2.75) is 51.5 Å². The van der Waals surface area contributed by atoms with Crippen molar-refractivity contribution in [3.05, 3.63) is 93.8 Å². The number of carbonyl (C=O) groups excluding carboxylic acids is 1. The Kier molecular flexibility index (Phi) is 6.96. The summed E-state index contributed by atoms with van der Waals surface area (Å²) in [5.74, 6) is 1.05. The zero-order valence-corrected chi connectivity index (χ0v) is 24.3. The van der Waals surface area contributed by atoms with Crippen LogP contribution < -0.4 is 0 Å². The van der Waals surface area contributed by atoms with Crippen LogP contribution in [0.4, 0.5) is 4.39 Å². The van der Waals surface area contributed by atoms with Crippen LogP contribution in [0, 0.1) is 5.82 Å². The fourth-order valence-electron chi connectivity index (χ4n) is 6.19. The van der Waals surface area contributed by atoms with Gasteiger partial charge in [-0.3, -0.25) is 4.90 Å². The highest BCUT2D eigenvalue weighted by molar-refractivity contribution is 6.30. The molecule has 2 unspecified atom stereocenters. The molecule has 0 amide bonds. The summed E-state index contributed by atoms with van der Waals surface area (Å²) in [6.07, 6.45) is 1.14. The number of hydrogen-bond donors (Lipinski definition) is 0. The second-order valence-electron chi connectivity index (χ2n) is 11.1. The average Bonchev–Trinajstić information content (AvgIpc) is 3.50. The summed E-state index contributed by atoms with van der Waals surface area (Å²) in [5, 5.41) is 0.386. The van der Waals surface area contributed by atoms with Crippen LogP contribution in [-0.4, -0.2) is 56.3 Å². The van der Waals surface area contributed by atoms with Gasteiger partial charge in [-0.05, 0) is 53.9 Å². The van der Waals surface area contributed by atoms with Crippen LogP contribution in [0.3, 0.4) is 0 Å². The van der Waals surface area contributed by atoms with E-state index in [9.17, 15) is 9.18 Å². The van der Waals surface area contributed by atoms with Crippen molar-refractivity contribution in [1.82, 2.24) is 24.0 Å². The summed E-state index contributed by atoms with van der Waals surface area (Å²) < 4.78 is 30.0. The number of imidazole rings is 2. The third-order valence-corrected chi connectivity index (χ3v) is 8.82. The largest absolute Gasteiger partial charge is 0.465 e. The topological polar surface area (TPSA) is 74.4 Å². The van der Waals surface area contributed by atoms with Crippen LogP contribution in [0.25, 0.3) is 22.1 Å². The van der Waals surface area contributed by atoms with Crippen LogP contribution in [0.15, 0.2) is 54.6 Å². The highest BCUT2D eigenvalue weighted by atomic mass is 35.5. The molecule has 42 heavy (non-hydrogen) atoms. The Hall–Kier alpha value is -3.79. The first-order chi connectivity index (χ1) is 20.4. The lowest BCUT2D eigenvalue weighted by atomic mass is 9.92. The number of methoxy groups -OCH3 is 1. The third-order valence-electron chi connectivity index (χ3n) is 8.58.